The number of benzene rings is 1. The second kappa shape index (κ2) is 11.9. The zero-order chi connectivity index (χ0) is 33.5. The van der Waals surface area contributed by atoms with Crippen LogP contribution >= 0.6 is 0 Å². The second-order valence-corrected chi connectivity index (χ2v) is 13.1. The summed E-state index contributed by atoms with van der Waals surface area (Å²) in [5.74, 6) is 0.849. The number of amides is 1. The van der Waals surface area contributed by atoms with E-state index in [4.69, 9.17) is 14.7 Å². The number of nitriles is 2. The van der Waals surface area contributed by atoms with E-state index in [1.165, 1.54) is 0 Å². The number of carbonyl (C=O) groups is 1. The largest absolute Gasteiger partial charge is 0.444 e. The van der Waals surface area contributed by atoms with E-state index in [-0.39, 0.29) is 6.09 Å². The molecule has 0 spiro atoms. The number of anilines is 1. The summed E-state index contributed by atoms with van der Waals surface area (Å²) in [6, 6.07) is 16.1. The minimum Gasteiger partial charge on any atom is -0.444 e. The molecule has 5 aromatic rings. The predicted molar refractivity (Wildman–Crippen MR) is 178 cm³/mol. The molecule has 1 aliphatic heterocycles. The Morgan fingerprint density at radius 2 is 1.64 bits per heavy atom. The van der Waals surface area contributed by atoms with Crippen molar-refractivity contribution < 1.29 is 9.53 Å². The van der Waals surface area contributed by atoms with Crippen LogP contribution < -0.4 is 10.5 Å². The van der Waals surface area contributed by atoms with Crippen molar-refractivity contribution in [2.45, 2.75) is 45.6 Å². The van der Waals surface area contributed by atoms with Crippen molar-refractivity contribution in [1.29, 1.82) is 10.5 Å². The second-order valence-electron chi connectivity index (χ2n) is 13.1. The van der Waals surface area contributed by atoms with E-state index in [9.17, 15) is 15.3 Å². The van der Waals surface area contributed by atoms with Crippen molar-refractivity contribution in [3.8, 4) is 29.1 Å². The van der Waals surface area contributed by atoms with Gasteiger partial charge >= 0.3 is 6.09 Å². The Labute approximate surface area is 272 Å². The van der Waals surface area contributed by atoms with Gasteiger partial charge in [-0.05, 0) is 76.6 Å². The van der Waals surface area contributed by atoms with Gasteiger partial charge < -0.3 is 19.1 Å². The van der Waals surface area contributed by atoms with Gasteiger partial charge in [0.2, 0.25) is 11.8 Å². The maximum atomic E-state index is 12.5. The smallest absolute Gasteiger partial charge is 0.410 e. The number of fused-ring (bicyclic) bond motifs is 3. The molecule has 0 radical (unpaired) electrons. The van der Waals surface area contributed by atoms with Crippen molar-refractivity contribution >= 4 is 33.8 Å². The number of hydrogen-bond acceptors (Lipinski definition) is 9. The monoisotopic (exact) mass is 628 g/mol. The number of carbonyl (C=O) groups excluding carboxylic acids is 1. The lowest BCUT2D eigenvalue weighted by atomic mass is 9.91. The van der Waals surface area contributed by atoms with Gasteiger partial charge in [0.1, 0.15) is 11.4 Å². The molecule has 1 aliphatic rings. The molecule has 0 bridgehead atoms. The molecule has 0 saturated carbocycles. The van der Waals surface area contributed by atoms with Crippen LogP contribution in [0.1, 0.15) is 40.3 Å². The van der Waals surface area contributed by atoms with E-state index in [1.54, 1.807) is 17.3 Å². The maximum absolute atomic E-state index is 12.5. The maximum Gasteiger partial charge on any atom is 0.410 e. The first kappa shape index (κ1) is 31.2. The summed E-state index contributed by atoms with van der Waals surface area (Å²) < 4.78 is 9.27. The molecule has 0 N–H and O–H groups in total. The average Bonchev–Trinajstić information content (AvgIpc) is 3.35. The summed E-state index contributed by atoms with van der Waals surface area (Å²) in [6.45, 7) is 11.7. The van der Waals surface area contributed by atoms with Gasteiger partial charge in [-0.1, -0.05) is 6.07 Å². The van der Waals surface area contributed by atoms with Crippen molar-refractivity contribution in [3.05, 3.63) is 72.4 Å². The summed E-state index contributed by atoms with van der Waals surface area (Å²) in [5.41, 5.74) is 4.82. The molecule has 1 fully saturated rings. The highest BCUT2D eigenvalue weighted by molar-refractivity contribution is 6.04. The van der Waals surface area contributed by atoms with Crippen LogP contribution in [0.15, 0.2) is 66.0 Å². The highest BCUT2D eigenvalue weighted by Gasteiger charge is 2.27. The number of piperazine rings is 1. The first-order valence-corrected chi connectivity index (χ1v) is 15.4. The van der Waals surface area contributed by atoms with Crippen LogP contribution in [0.5, 0.6) is 0 Å². The van der Waals surface area contributed by atoms with E-state index in [2.05, 4.69) is 27.0 Å². The molecule has 4 aromatic heterocycles. The molecule has 0 atom stereocenters. The molecule has 5 heterocycles. The zero-order valence-corrected chi connectivity index (χ0v) is 27.4. The van der Waals surface area contributed by atoms with Gasteiger partial charge in [0.05, 0.1) is 51.8 Å². The summed E-state index contributed by atoms with van der Waals surface area (Å²) in [7, 11) is 1.85. The number of aromatic nitrogens is 5. The fourth-order valence-electron chi connectivity index (χ4n) is 5.73. The number of nitrogens with zero attached hydrogens (tertiary/aromatic N) is 10. The third-order valence-corrected chi connectivity index (χ3v) is 8.32. The van der Waals surface area contributed by atoms with Gasteiger partial charge in [-0.2, -0.15) is 10.5 Å². The molecule has 0 aliphatic carbocycles. The van der Waals surface area contributed by atoms with E-state index >= 15 is 0 Å². The summed E-state index contributed by atoms with van der Waals surface area (Å²) in [4.78, 5) is 34.6. The highest BCUT2D eigenvalue weighted by atomic mass is 16.6. The van der Waals surface area contributed by atoms with Crippen molar-refractivity contribution in [1.82, 2.24) is 29.0 Å². The Kier molecular flexibility index (Phi) is 7.90. The lowest BCUT2D eigenvalue weighted by molar-refractivity contribution is 0.0240. The predicted octanol–water partition coefficient (Wildman–Crippen LogP) is 5.21. The van der Waals surface area contributed by atoms with Gasteiger partial charge in [0.15, 0.2) is 0 Å². The van der Waals surface area contributed by atoms with Gasteiger partial charge in [-0.25, -0.2) is 9.78 Å². The number of ether oxygens (including phenoxy) is 1. The average molecular weight is 629 g/mol. The Morgan fingerprint density at radius 3 is 2.26 bits per heavy atom. The zero-order valence-electron chi connectivity index (χ0n) is 27.4. The molecule has 0 unspecified atom stereocenters. The van der Waals surface area contributed by atoms with Gasteiger partial charge in [-0.3, -0.25) is 14.5 Å². The molecule has 47 heavy (non-hydrogen) atoms. The van der Waals surface area contributed by atoms with Crippen LogP contribution in [0.25, 0.3) is 38.8 Å². The quantitative estimate of drug-likeness (QED) is 0.247. The summed E-state index contributed by atoms with van der Waals surface area (Å²) in [5, 5.41) is 20.0. The first-order chi connectivity index (χ1) is 22.4. The Morgan fingerprint density at radius 1 is 0.894 bits per heavy atom. The number of imidazole rings is 1. The minimum absolute atomic E-state index is 0.287. The lowest BCUT2D eigenvalue weighted by Gasteiger charge is -2.36. The lowest BCUT2D eigenvalue weighted by Crippen LogP contribution is -2.50. The molecule has 238 valence electrons. The highest BCUT2D eigenvalue weighted by Crippen LogP contribution is 2.31. The van der Waals surface area contributed by atoms with E-state index in [0.29, 0.717) is 43.2 Å². The molecular formula is C35H36N10O2. The van der Waals surface area contributed by atoms with E-state index in [0.717, 1.165) is 38.9 Å². The Hall–Kier alpha value is -5.75. The molecule has 1 aromatic carbocycles. The number of hydrogen-bond donors (Lipinski definition) is 0. The van der Waals surface area contributed by atoms with Crippen LogP contribution in [0.2, 0.25) is 0 Å². The third kappa shape index (κ3) is 5.98. The topological polar surface area (TPSA) is 141 Å². The molecule has 1 amide bonds. The standard InChI is InChI=1S/C35H36N10O2/c1-34(2,3)47-33(46)44-15-13-43(14-16-44)30-12-8-24(18-40-30)23-7-10-27-26(17-23)31-28(20-38-27)42(6)32(41-22-37)45(31)25-9-11-29(39-19-25)35(4,5)21-36/h7-12,17-20H,13-16H2,1-6H3. The molecule has 12 heteroatoms. The Bertz CT molecular complexity index is 2130. The fourth-order valence-corrected chi connectivity index (χ4v) is 5.73. The van der Waals surface area contributed by atoms with Crippen LogP contribution in [0, 0.1) is 22.8 Å². The SMILES string of the molecule is Cn1c(=NC#N)n(-c2ccc(C(C)(C)C#N)nc2)c2c3cc(-c4ccc(N5CCN(C(=O)OC(C)(C)C)CC5)nc4)ccc3ncc21. The number of pyridine rings is 3. The number of rotatable bonds is 4. The van der Waals surface area contributed by atoms with Gasteiger partial charge in [-0.15, -0.1) is 4.99 Å². The summed E-state index contributed by atoms with van der Waals surface area (Å²) >= 11 is 0. The van der Waals surface area contributed by atoms with Crippen LogP contribution in [-0.2, 0) is 17.2 Å². The molecule has 12 nitrogen and oxygen atoms in total. The van der Waals surface area contributed by atoms with Crippen molar-refractivity contribution in [2.24, 2.45) is 12.0 Å². The number of aryl methyl sites for hydroxylation is 1. The van der Waals surface area contributed by atoms with Crippen molar-refractivity contribution in [3.63, 3.8) is 0 Å². The van der Waals surface area contributed by atoms with E-state index in [1.807, 2.05) is 99.6 Å². The van der Waals surface area contributed by atoms with Crippen LogP contribution in [0.3, 0.4) is 0 Å². The first-order valence-electron chi connectivity index (χ1n) is 15.4. The fraction of sp³-hybridized carbons (Fsp3) is 0.343. The molecule has 6 rings (SSSR count). The molecule has 1 saturated heterocycles. The molecular weight excluding hydrogens is 592 g/mol. The van der Waals surface area contributed by atoms with E-state index < -0.39 is 11.0 Å². The Balaban J connectivity index is 1.35. The normalized spacial score (nSPS) is 14.3. The summed E-state index contributed by atoms with van der Waals surface area (Å²) in [6.07, 6.45) is 7.00. The van der Waals surface area contributed by atoms with Crippen LogP contribution in [0.4, 0.5) is 10.6 Å². The minimum atomic E-state index is -0.745. The van der Waals surface area contributed by atoms with Crippen LogP contribution in [-0.4, -0.2) is 66.9 Å². The van der Waals surface area contributed by atoms with Crippen molar-refractivity contribution in [2.75, 3.05) is 31.1 Å². The third-order valence-electron chi connectivity index (χ3n) is 8.32. The van der Waals surface area contributed by atoms with Gasteiger partial charge in [0.25, 0.3) is 0 Å². The van der Waals surface area contributed by atoms with Gasteiger partial charge in [0, 0.05) is 50.4 Å².